The van der Waals surface area contributed by atoms with Gasteiger partial charge in [-0.05, 0) is 25.7 Å². The lowest BCUT2D eigenvalue weighted by Crippen LogP contribution is -2.18. The predicted molar refractivity (Wildman–Crippen MR) is 126 cm³/mol. The molecule has 0 unspecified atom stereocenters. The van der Waals surface area contributed by atoms with Crippen molar-refractivity contribution in [3.8, 4) is 0 Å². The quantitative estimate of drug-likeness (QED) is 0.0898. The van der Waals surface area contributed by atoms with E-state index >= 15 is 0 Å². The van der Waals surface area contributed by atoms with Gasteiger partial charge in [0.05, 0.1) is 19.1 Å². The highest BCUT2D eigenvalue weighted by atomic mass is 16.5. The summed E-state index contributed by atoms with van der Waals surface area (Å²) in [5.74, 6) is 0.181. The lowest BCUT2D eigenvalue weighted by atomic mass is 9.95. The zero-order valence-electron chi connectivity index (χ0n) is 20.1. The van der Waals surface area contributed by atoms with Crippen LogP contribution >= 0.6 is 0 Å². The fourth-order valence-electron chi connectivity index (χ4n) is 3.88. The minimum atomic E-state index is 0.0555. The van der Waals surface area contributed by atoms with E-state index in [4.69, 9.17) is 4.74 Å². The fraction of sp³-hybridized carbons (Fsp3) is 0.923. The van der Waals surface area contributed by atoms with Crippen LogP contribution in [0.5, 0.6) is 0 Å². The highest BCUT2D eigenvalue weighted by Crippen LogP contribution is 2.19. The maximum absolute atomic E-state index is 12.4. The van der Waals surface area contributed by atoms with Crippen molar-refractivity contribution in [2.24, 2.45) is 5.92 Å². The van der Waals surface area contributed by atoms with E-state index in [0.717, 1.165) is 44.9 Å². The molecule has 4 nitrogen and oxygen atoms in total. The van der Waals surface area contributed by atoms with Crippen molar-refractivity contribution in [1.82, 2.24) is 0 Å². The van der Waals surface area contributed by atoms with Crippen molar-refractivity contribution in [1.29, 1.82) is 0 Å². The molecule has 0 aromatic rings. The van der Waals surface area contributed by atoms with E-state index in [0.29, 0.717) is 19.7 Å². The lowest BCUT2D eigenvalue weighted by Gasteiger charge is -2.16. The Morgan fingerprint density at radius 3 is 1.50 bits per heavy atom. The first-order valence-corrected chi connectivity index (χ1v) is 13.0. The molecule has 0 spiro atoms. The predicted octanol–water partition coefficient (Wildman–Crippen LogP) is 7.77. The molecule has 4 heteroatoms. The van der Waals surface area contributed by atoms with Crippen molar-refractivity contribution in [3.05, 3.63) is 0 Å². The summed E-state index contributed by atoms with van der Waals surface area (Å²) >= 11 is 0. The standard InChI is InChI=1S/C26H50O4/c1-3-5-16-20-25(21-17-6-4-2)26(28)30-23-19-15-13-11-9-7-8-10-12-14-18-22-29-24-27/h24-25H,3-23H2,1-2H3. The Hall–Kier alpha value is -1.06. The second-order valence-corrected chi connectivity index (χ2v) is 8.71. The first-order valence-electron chi connectivity index (χ1n) is 13.0. The second-order valence-electron chi connectivity index (χ2n) is 8.71. The smallest absolute Gasteiger partial charge is 0.308 e. The van der Waals surface area contributed by atoms with Crippen molar-refractivity contribution in [2.75, 3.05) is 13.2 Å². The summed E-state index contributed by atoms with van der Waals surface area (Å²) in [6.45, 7) is 6.12. The monoisotopic (exact) mass is 426 g/mol. The topological polar surface area (TPSA) is 52.6 Å². The van der Waals surface area contributed by atoms with Gasteiger partial charge in [0.15, 0.2) is 0 Å². The Labute approximate surface area is 186 Å². The number of ether oxygens (including phenoxy) is 2. The number of carbonyl (C=O) groups excluding carboxylic acids is 2. The molecule has 0 atom stereocenters. The minimum absolute atomic E-state index is 0.0555. The average Bonchev–Trinajstić information content (AvgIpc) is 2.75. The van der Waals surface area contributed by atoms with Gasteiger partial charge in [-0.25, -0.2) is 0 Å². The molecule has 0 fully saturated rings. The number of carbonyl (C=O) groups is 2. The molecule has 30 heavy (non-hydrogen) atoms. The fourth-order valence-corrected chi connectivity index (χ4v) is 3.88. The van der Waals surface area contributed by atoms with Gasteiger partial charge in [-0.3, -0.25) is 9.59 Å². The molecule has 178 valence electrons. The van der Waals surface area contributed by atoms with Crippen LogP contribution in [0.25, 0.3) is 0 Å². The van der Waals surface area contributed by atoms with Gasteiger partial charge in [-0.1, -0.05) is 110 Å². The van der Waals surface area contributed by atoms with E-state index in [1.54, 1.807) is 0 Å². The largest absolute Gasteiger partial charge is 0.468 e. The summed E-state index contributed by atoms with van der Waals surface area (Å²) in [5.41, 5.74) is 0. The van der Waals surface area contributed by atoms with Gasteiger partial charge in [-0.2, -0.15) is 0 Å². The van der Waals surface area contributed by atoms with Crippen LogP contribution in [0.15, 0.2) is 0 Å². The Morgan fingerprint density at radius 2 is 1.07 bits per heavy atom. The van der Waals surface area contributed by atoms with Crippen LogP contribution in [0.1, 0.15) is 136 Å². The molecular formula is C26H50O4. The first-order chi connectivity index (χ1) is 14.8. The Balaban J connectivity index is 3.54. The van der Waals surface area contributed by atoms with Crippen molar-refractivity contribution < 1.29 is 19.1 Å². The average molecular weight is 427 g/mol. The van der Waals surface area contributed by atoms with Crippen LogP contribution in [0.3, 0.4) is 0 Å². The molecule has 0 aliphatic heterocycles. The maximum atomic E-state index is 12.4. The molecule has 0 aliphatic rings. The highest BCUT2D eigenvalue weighted by molar-refractivity contribution is 5.72. The van der Waals surface area contributed by atoms with Crippen LogP contribution in [-0.4, -0.2) is 25.7 Å². The van der Waals surface area contributed by atoms with E-state index in [1.807, 2.05) is 0 Å². The zero-order valence-corrected chi connectivity index (χ0v) is 20.1. The summed E-state index contributed by atoms with van der Waals surface area (Å²) in [6.07, 6.45) is 22.5. The summed E-state index contributed by atoms with van der Waals surface area (Å²) in [4.78, 5) is 22.4. The number of hydrogen-bond acceptors (Lipinski definition) is 4. The van der Waals surface area contributed by atoms with Crippen molar-refractivity contribution in [3.63, 3.8) is 0 Å². The molecule has 0 rings (SSSR count). The molecule has 0 saturated carbocycles. The van der Waals surface area contributed by atoms with Gasteiger partial charge >= 0.3 is 5.97 Å². The molecule has 0 aliphatic carbocycles. The Bertz CT molecular complexity index is 360. The zero-order chi connectivity index (χ0) is 22.1. The number of esters is 1. The molecule has 0 heterocycles. The van der Waals surface area contributed by atoms with E-state index in [-0.39, 0.29) is 11.9 Å². The van der Waals surface area contributed by atoms with Crippen LogP contribution in [0.4, 0.5) is 0 Å². The summed E-state index contributed by atoms with van der Waals surface area (Å²) in [5, 5.41) is 0. The summed E-state index contributed by atoms with van der Waals surface area (Å²) in [7, 11) is 0. The normalized spacial score (nSPS) is 11.0. The highest BCUT2D eigenvalue weighted by Gasteiger charge is 2.18. The van der Waals surface area contributed by atoms with E-state index in [9.17, 15) is 9.59 Å². The van der Waals surface area contributed by atoms with Gasteiger partial charge in [0.1, 0.15) is 0 Å². The molecule has 0 aromatic carbocycles. The minimum Gasteiger partial charge on any atom is -0.468 e. The molecule has 0 radical (unpaired) electrons. The van der Waals surface area contributed by atoms with Crippen molar-refractivity contribution >= 4 is 12.4 Å². The number of unbranched alkanes of at least 4 members (excludes halogenated alkanes) is 14. The molecule has 0 N–H and O–H groups in total. The van der Waals surface area contributed by atoms with E-state index in [1.165, 1.54) is 77.0 Å². The van der Waals surface area contributed by atoms with Crippen molar-refractivity contribution in [2.45, 2.75) is 136 Å². The van der Waals surface area contributed by atoms with Gasteiger partial charge in [0, 0.05) is 0 Å². The number of rotatable bonds is 24. The molecular weight excluding hydrogens is 376 g/mol. The molecule has 0 amide bonds. The van der Waals surface area contributed by atoms with Crippen LogP contribution in [0, 0.1) is 5.92 Å². The SMILES string of the molecule is CCCCCC(CCCCC)C(=O)OCCCCCCCCCCCCCOC=O. The van der Waals surface area contributed by atoms with E-state index < -0.39 is 0 Å². The van der Waals surface area contributed by atoms with Gasteiger partial charge in [0.25, 0.3) is 6.47 Å². The van der Waals surface area contributed by atoms with Crippen LogP contribution < -0.4 is 0 Å². The molecule has 0 bridgehead atoms. The Kier molecular flexibility index (Phi) is 23.4. The third-order valence-corrected chi connectivity index (χ3v) is 5.86. The summed E-state index contributed by atoms with van der Waals surface area (Å²) < 4.78 is 10.3. The van der Waals surface area contributed by atoms with E-state index in [2.05, 4.69) is 18.6 Å². The second kappa shape index (κ2) is 24.2. The van der Waals surface area contributed by atoms with Crippen LogP contribution in [0.2, 0.25) is 0 Å². The molecule has 0 saturated heterocycles. The van der Waals surface area contributed by atoms with Gasteiger partial charge < -0.3 is 9.47 Å². The first kappa shape index (κ1) is 28.9. The number of hydrogen-bond donors (Lipinski definition) is 0. The van der Waals surface area contributed by atoms with Gasteiger partial charge in [0.2, 0.25) is 0 Å². The van der Waals surface area contributed by atoms with Gasteiger partial charge in [-0.15, -0.1) is 0 Å². The third kappa shape index (κ3) is 20.2. The molecule has 0 aromatic heterocycles. The maximum Gasteiger partial charge on any atom is 0.308 e. The lowest BCUT2D eigenvalue weighted by molar-refractivity contribution is -0.149. The Morgan fingerprint density at radius 1 is 0.633 bits per heavy atom. The van der Waals surface area contributed by atoms with Crippen LogP contribution in [-0.2, 0) is 19.1 Å². The summed E-state index contributed by atoms with van der Waals surface area (Å²) in [6, 6.07) is 0. The third-order valence-electron chi connectivity index (χ3n) is 5.86.